The molecule has 1 aromatic carbocycles. The first kappa shape index (κ1) is 14.8. The molecule has 1 saturated heterocycles. The molecule has 0 aliphatic carbocycles. The Morgan fingerprint density at radius 2 is 1.75 bits per heavy atom. The number of nitrogen functional groups attached to an aromatic ring is 1. The second-order valence-electron chi connectivity index (χ2n) is 5.33. The first-order valence-corrected chi connectivity index (χ1v) is 7.01. The minimum Gasteiger partial charge on any atom is -0.493 e. The highest BCUT2D eigenvalue weighted by Crippen LogP contribution is 2.38. The average Bonchev–Trinajstić information content (AvgIpc) is 2.47. The number of anilines is 2. The van der Waals surface area contributed by atoms with E-state index in [1.807, 2.05) is 13.0 Å². The minimum absolute atomic E-state index is 0.236. The summed E-state index contributed by atoms with van der Waals surface area (Å²) in [6, 6.07) is 3.73. The fraction of sp³-hybridized carbons (Fsp3) is 0.600. The first-order valence-electron chi connectivity index (χ1n) is 7.01. The van der Waals surface area contributed by atoms with Gasteiger partial charge in [0.1, 0.15) is 0 Å². The van der Waals surface area contributed by atoms with Crippen LogP contribution in [0.1, 0.15) is 19.8 Å². The number of benzene rings is 1. The SMILES string of the molecule is COc1cc(N)c(N2CCC(C(C)O)CC2)cc1OC. The normalized spacial score (nSPS) is 17.9. The summed E-state index contributed by atoms with van der Waals surface area (Å²) < 4.78 is 10.6. The van der Waals surface area contributed by atoms with Gasteiger partial charge < -0.3 is 25.2 Å². The van der Waals surface area contributed by atoms with Crippen molar-refractivity contribution < 1.29 is 14.6 Å². The van der Waals surface area contributed by atoms with Gasteiger partial charge in [0.15, 0.2) is 11.5 Å². The van der Waals surface area contributed by atoms with Gasteiger partial charge in [-0.2, -0.15) is 0 Å². The highest BCUT2D eigenvalue weighted by molar-refractivity contribution is 5.73. The summed E-state index contributed by atoms with van der Waals surface area (Å²) in [5, 5.41) is 9.66. The number of piperidine rings is 1. The number of aliphatic hydroxyl groups is 1. The molecular formula is C15H24N2O3. The standard InChI is InChI=1S/C15H24N2O3/c1-10(18)11-4-6-17(7-5-11)13-9-15(20-3)14(19-2)8-12(13)16/h8-11,18H,4-7,16H2,1-3H3. The van der Waals surface area contributed by atoms with Crippen LogP contribution in [0.4, 0.5) is 11.4 Å². The van der Waals surface area contributed by atoms with Crippen molar-refractivity contribution in [1.82, 2.24) is 0 Å². The minimum atomic E-state index is -0.236. The smallest absolute Gasteiger partial charge is 0.162 e. The van der Waals surface area contributed by atoms with Gasteiger partial charge in [-0.05, 0) is 25.7 Å². The predicted molar refractivity (Wildman–Crippen MR) is 80.6 cm³/mol. The maximum absolute atomic E-state index is 9.66. The van der Waals surface area contributed by atoms with Crippen molar-refractivity contribution >= 4 is 11.4 Å². The third-order valence-electron chi connectivity index (χ3n) is 4.10. The summed E-state index contributed by atoms with van der Waals surface area (Å²) >= 11 is 0. The van der Waals surface area contributed by atoms with E-state index < -0.39 is 0 Å². The number of hydrogen-bond acceptors (Lipinski definition) is 5. The third-order valence-corrected chi connectivity index (χ3v) is 4.10. The van der Waals surface area contributed by atoms with E-state index in [1.54, 1.807) is 20.3 Å². The van der Waals surface area contributed by atoms with Gasteiger partial charge >= 0.3 is 0 Å². The van der Waals surface area contributed by atoms with Gasteiger partial charge in [0.05, 0.1) is 31.7 Å². The molecule has 1 atom stereocenters. The maximum atomic E-state index is 9.66. The molecule has 20 heavy (non-hydrogen) atoms. The van der Waals surface area contributed by atoms with Gasteiger partial charge in [-0.25, -0.2) is 0 Å². The molecule has 1 fully saturated rings. The van der Waals surface area contributed by atoms with Gasteiger partial charge in [0.2, 0.25) is 0 Å². The fourth-order valence-electron chi connectivity index (χ4n) is 2.78. The topological polar surface area (TPSA) is 68.0 Å². The second kappa shape index (κ2) is 6.22. The molecule has 0 radical (unpaired) electrons. The Morgan fingerprint density at radius 1 is 1.20 bits per heavy atom. The Morgan fingerprint density at radius 3 is 2.25 bits per heavy atom. The first-order chi connectivity index (χ1) is 9.56. The van der Waals surface area contributed by atoms with Crippen LogP contribution in [0.15, 0.2) is 12.1 Å². The molecule has 1 unspecified atom stereocenters. The van der Waals surface area contributed by atoms with E-state index in [9.17, 15) is 5.11 Å². The van der Waals surface area contributed by atoms with Crippen molar-refractivity contribution in [2.45, 2.75) is 25.9 Å². The number of nitrogens with two attached hydrogens (primary N) is 1. The molecule has 5 heteroatoms. The Labute approximate surface area is 120 Å². The number of hydrogen-bond donors (Lipinski definition) is 2. The van der Waals surface area contributed by atoms with Crippen molar-refractivity contribution in [3.63, 3.8) is 0 Å². The number of methoxy groups -OCH3 is 2. The van der Waals surface area contributed by atoms with Crippen LogP contribution in [0.3, 0.4) is 0 Å². The van der Waals surface area contributed by atoms with E-state index in [0.717, 1.165) is 31.6 Å². The Bertz CT molecular complexity index is 455. The zero-order chi connectivity index (χ0) is 14.7. The molecular weight excluding hydrogens is 256 g/mol. The lowest BCUT2D eigenvalue weighted by Gasteiger charge is -2.35. The molecule has 0 saturated carbocycles. The lowest BCUT2D eigenvalue weighted by molar-refractivity contribution is 0.110. The van der Waals surface area contributed by atoms with Crippen LogP contribution in [0.5, 0.6) is 11.5 Å². The van der Waals surface area contributed by atoms with Crippen LogP contribution in [-0.4, -0.2) is 38.5 Å². The quantitative estimate of drug-likeness (QED) is 0.824. The monoisotopic (exact) mass is 280 g/mol. The zero-order valence-electron chi connectivity index (χ0n) is 12.4. The van der Waals surface area contributed by atoms with Gasteiger partial charge in [-0.3, -0.25) is 0 Å². The molecule has 1 aliphatic rings. The van der Waals surface area contributed by atoms with E-state index >= 15 is 0 Å². The second-order valence-corrected chi connectivity index (χ2v) is 5.33. The van der Waals surface area contributed by atoms with Crippen molar-refractivity contribution in [1.29, 1.82) is 0 Å². The molecule has 0 aromatic heterocycles. The highest BCUT2D eigenvalue weighted by Gasteiger charge is 2.24. The summed E-state index contributed by atoms with van der Waals surface area (Å²) in [5.74, 6) is 1.72. The van der Waals surface area contributed by atoms with Crippen molar-refractivity contribution in [2.75, 3.05) is 37.9 Å². The van der Waals surface area contributed by atoms with E-state index in [4.69, 9.17) is 15.2 Å². The zero-order valence-corrected chi connectivity index (χ0v) is 12.4. The molecule has 0 spiro atoms. The Balaban J connectivity index is 2.17. The molecule has 112 valence electrons. The predicted octanol–water partition coefficient (Wildman–Crippen LogP) is 1.88. The molecule has 0 amide bonds. The van der Waals surface area contributed by atoms with E-state index in [2.05, 4.69) is 4.90 Å². The van der Waals surface area contributed by atoms with Crippen LogP contribution < -0.4 is 20.1 Å². The maximum Gasteiger partial charge on any atom is 0.162 e. The molecule has 0 bridgehead atoms. The lowest BCUT2D eigenvalue weighted by atomic mass is 9.92. The Kier molecular flexibility index (Phi) is 4.60. The van der Waals surface area contributed by atoms with Gasteiger partial charge in [0, 0.05) is 25.2 Å². The van der Waals surface area contributed by atoms with Crippen molar-refractivity contribution in [3.8, 4) is 11.5 Å². The molecule has 3 N–H and O–H groups in total. The number of nitrogens with zero attached hydrogens (tertiary/aromatic N) is 1. The van der Waals surface area contributed by atoms with Crippen LogP contribution in [0.25, 0.3) is 0 Å². The van der Waals surface area contributed by atoms with Gasteiger partial charge in [-0.15, -0.1) is 0 Å². The summed E-state index contributed by atoms with van der Waals surface area (Å²) in [4.78, 5) is 2.25. The Hall–Kier alpha value is -1.62. The van der Waals surface area contributed by atoms with Crippen molar-refractivity contribution in [2.24, 2.45) is 5.92 Å². The van der Waals surface area contributed by atoms with Crippen LogP contribution in [0, 0.1) is 5.92 Å². The van der Waals surface area contributed by atoms with Crippen LogP contribution in [0.2, 0.25) is 0 Å². The van der Waals surface area contributed by atoms with E-state index in [1.165, 1.54) is 0 Å². The molecule has 1 aromatic rings. The fourth-order valence-corrected chi connectivity index (χ4v) is 2.78. The summed E-state index contributed by atoms with van der Waals surface area (Å²) in [6.45, 7) is 3.66. The van der Waals surface area contributed by atoms with Gasteiger partial charge in [-0.1, -0.05) is 0 Å². The average molecular weight is 280 g/mol. The summed E-state index contributed by atoms with van der Waals surface area (Å²) in [6.07, 6.45) is 1.72. The van der Waals surface area contributed by atoms with E-state index in [0.29, 0.717) is 23.1 Å². The van der Waals surface area contributed by atoms with Gasteiger partial charge in [0.25, 0.3) is 0 Å². The van der Waals surface area contributed by atoms with Crippen LogP contribution >= 0.6 is 0 Å². The molecule has 2 rings (SSSR count). The van der Waals surface area contributed by atoms with Crippen LogP contribution in [-0.2, 0) is 0 Å². The third kappa shape index (κ3) is 2.93. The highest BCUT2D eigenvalue weighted by atomic mass is 16.5. The lowest BCUT2D eigenvalue weighted by Crippen LogP contribution is -2.37. The number of aliphatic hydroxyl groups excluding tert-OH is 1. The largest absolute Gasteiger partial charge is 0.493 e. The number of ether oxygens (including phenoxy) is 2. The van der Waals surface area contributed by atoms with Crippen molar-refractivity contribution in [3.05, 3.63) is 12.1 Å². The summed E-state index contributed by atoms with van der Waals surface area (Å²) in [5.41, 5.74) is 7.79. The molecule has 1 heterocycles. The number of rotatable bonds is 4. The molecule has 5 nitrogen and oxygen atoms in total. The van der Waals surface area contributed by atoms with E-state index in [-0.39, 0.29) is 6.10 Å². The molecule has 1 aliphatic heterocycles. The summed E-state index contributed by atoms with van der Waals surface area (Å²) in [7, 11) is 3.22.